The first-order valence-electron chi connectivity index (χ1n) is 6.91. The van der Waals surface area contributed by atoms with Crippen molar-refractivity contribution >= 4 is 33.2 Å². The quantitative estimate of drug-likeness (QED) is 0.740. The Bertz CT molecular complexity index is 933. The van der Waals surface area contributed by atoms with Crippen molar-refractivity contribution in [3.05, 3.63) is 58.9 Å². The predicted octanol–water partition coefficient (Wildman–Crippen LogP) is 3.57. The molecule has 0 aliphatic carbocycles. The van der Waals surface area contributed by atoms with E-state index in [0.717, 1.165) is 24.3 Å². The highest BCUT2D eigenvalue weighted by atomic mass is 35.5. The molecule has 0 heterocycles. The molecule has 0 saturated carbocycles. The average Bonchev–Trinajstić information content (AvgIpc) is 2.56. The van der Waals surface area contributed by atoms with E-state index >= 15 is 0 Å². The molecule has 0 aliphatic heterocycles. The zero-order valence-corrected chi connectivity index (χ0v) is 14.3. The van der Waals surface area contributed by atoms with Crippen molar-refractivity contribution in [2.75, 3.05) is 11.3 Å². The van der Waals surface area contributed by atoms with E-state index in [1.807, 2.05) is 4.72 Å². The number of halogens is 5. The fourth-order valence-corrected chi connectivity index (χ4v) is 3.15. The Balaban J connectivity index is 2.25. The van der Waals surface area contributed by atoms with Crippen LogP contribution in [-0.4, -0.2) is 27.0 Å². The lowest BCUT2D eigenvalue weighted by Gasteiger charge is -2.11. The number of sulfonamides is 1. The maximum atomic E-state index is 13.8. The van der Waals surface area contributed by atoms with E-state index in [4.69, 9.17) is 11.6 Å². The molecule has 0 unspecified atom stereocenters. The van der Waals surface area contributed by atoms with Gasteiger partial charge in [-0.1, -0.05) is 23.7 Å². The second kappa shape index (κ2) is 7.50. The first-order valence-corrected chi connectivity index (χ1v) is 8.77. The van der Waals surface area contributed by atoms with Gasteiger partial charge in [-0.05, 0) is 30.3 Å². The Labute approximate surface area is 151 Å². The summed E-state index contributed by atoms with van der Waals surface area (Å²) in [4.78, 5) is 11.3. The lowest BCUT2D eigenvalue weighted by Crippen LogP contribution is -2.33. The van der Waals surface area contributed by atoms with Crippen molar-refractivity contribution in [1.29, 1.82) is 0 Å². The molecule has 0 radical (unpaired) electrons. The van der Waals surface area contributed by atoms with E-state index in [0.29, 0.717) is 0 Å². The summed E-state index contributed by atoms with van der Waals surface area (Å²) >= 11 is 5.57. The number of hydrogen-bond acceptors (Lipinski definition) is 3. The molecule has 5 nitrogen and oxygen atoms in total. The van der Waals surface area contributed by atoms with Crippen LogP contribution >= 0.6 is 11.6 Å². The fourth-order valence-electron chi connectivity index (χ4n) is 1.87. The first-order chi connectivity index (χ1) is 12.0. The molecule has 0 atom stereocenters. The number of anilines is 1. The van der Waals surface area contributed by atoms with E-state index in [1.165, 1.54) is 18.2 Å². The van der Waals surface area contributed by atoms with Gasteiger partial charge < -0.3 is 5.32 Å². The second-order valence-corrected chi connectivity index (χ2v) is 7.12. The fraction of sp³-hybridized carbons (Fsp3) is 0.133. The minimum Gasteiger partial charge on any atom is -0.343 e. The standard InChI is InChI=1S/C15H11ClF4N2O3S/c16-11-5-2-6-12(13(11)17)22-26(24,25)10-4-1-3-9(7-10)14(23)21-8-15(18,19)20/h1-7,22H,8H2,(H,21,23). The monoisotopic (exact) mass is 410 g/mol. The van der Waals surface area contributed by atoms with Crippen molar-refractivity contribution in [2.45, 2.75) is 11.1 Å². The van der Waals surface area contributed by atoms with Crippen molar-refractivity contribution in [2.24, 2.45) is 0 Å². The predicted molar refractivity (Wildman–Crippen MR) is 87.0 cm³/mol. The molecule has 11 heteroatoms. The summed E-state index contributed by atoms with van der Waals surface area (Å²) in [6.07, 6.45) is -4.61. The van der Waals surface area contributed by atoms with Gasteiger partial charge in [0, 0.05) is 5.56 Å². The maximum absolute atomic E-state index is 13.8. The summed E-state index contributed by atoms with van der Waals surface area (Å²) < 4.78 is 76.9. The van der Waals surface area contributed by atoms with Gasteiger partial charge in [0.2, 0.25) is 0 Å². The van der Waals surface area contributed by atoms with Crippen LogP contribution in [0.1, 0.15) is 10.4 Å². The van der Waals surface area contributed by atoms with E-state index in [-0.39, 0.29) is 10.6 Å². The second-order valence-electron chi connectivity index (χ2n) is 5.03. The lowest BCUT2D eigenvalue weighted by atomic mass is 10.2. The third-order valence-electron chi connectivity index (χ3n) is 3.05. The Morgan fingerprint density at radius 3 is 2.42 bits per heavy atom. The van der Waals surface area contributed by atoms with Gasteiger partial charge in [0.15, 0.2) is 5.82 Å². The molecule has 26 heavy (non-hydrogen) atoms. The number of amides is 1. The molecule has 2 rings (SSSR count). The smallest absolute Gasteiger partial charge is 0.343 e. The molecule has 0 fully saturated rings. The normalized spacial score (nSPS) is 11.9. The van der Waals surface area contributed by atoms with Gasteiger partial charge >= 0.3 is 6.18 Å². The summed E-state index contributed by atoms with van der Waals surface area (Å²) in [6, 6.07) is 7.97. The number of alkyl halides is 3. The summed E-state index contributed by atoms with van der Waals surface area (Å²) in [5, 5.41) is 1.33. The maximum Gasteiger partial charge on any atom is 0.405 e. The molecular weight excluding hydrogens is 400 g/mol. The van der Waals surface area contributed by atoms with Crippen molar-refractivity contribution in [1.82, 2.24) is 5.32 Å². The molecule has 0 bridgehead atoms. The van der Waals surface area contributed by atoms with Crippen molar-refractivity contribution in [3.63, 3.8) is 0 Å². The van der Waals surface area contributed by atoms with E-state index in [2.05, 4.69) is 0 Å². The lowest BCUT2D eigenvalue weighted by molar-refractivity contribution is -0.123. The molecule has 0 saturated heterocycles. The third kappa shape index (κ3) is 5.09. The molecule has 0 aliphatic rings. The number of rotatable bonds is 5. The van der Waals surface area contributed by atoms with Gasteiger partial charge in [-0.2, -0.15) is 13.2 Å². The molecule has 2 N–H and O–H groups in total. The van der Waals surface area contributed by atoms with Crippen molar-refractivity contribution < 1.29 is 30.8 Å². The van der Waals surface area contributed by atoms with Crippen LogP contribution in [0.5, 0.6) is 0 Å². The van der Waals surface area contributed by atoms with Crippen LogP contribution in [0.25, 0.3) is 0 Å². The highest BCUT2D eigenvalue weighted by Crippen LogP contribution is 2.25. The summed E-state index contributed by atoms with van der Waals surface area (Å²) in [7, 11) is -4.30. The molecule has 140 valence electrons. The number of nitrogens with one attached hydrogen (secondary N) is 2. The minimum absolute atomic E-state index is 0.300. The number of hydrogen-bond donors (Lipinski definition) is 2. The van der Waals surface area contributed by atoms with Gasteiger partial charge in [-0.25, -0.2) is 12.8 Å². The Hall–Kier alpha value is -2.33. The number of carbonyl (C=O) groups is 1. The van der Waals surface area contributed by atoms with Gasteiger partial charge in [-0.3, -0.25) is 9.52 Å². The number of benzene rings is 2. The van der Waals surface area contributed by atoms with Crippen LogP contribution in [0.4, 0.5) is 23.2 Å². The summed E-state index contributed by atoms with van der Waals surface area (Å²) in [5.41, 5.74) is -0.715. The van der Waals surface area contributed by atoms with Crippen LogP contribution < -0.4 is 10.0 Å². The average molecular weight is 411 g/mol. The summed E-state index contributed by atoms with van der Waals surface area (Å²) in [5.74, 6) is -2.09. The Morgan fingerprint density at radius 2 is 1.77 bits per heavy atom. The van der Waals surface area contributed by atoms with Crippen LogP contribution in [-0.2, 0) is 10.0 Å². The summed E-state index contributed by atoms with van der Waals surface area (Å²) in [6.45, 7) is -1.56. The zero-order chi connectivity index (χ0) is 19.5. The molecule has 2 aromatic rings. The molecule has 0 spiro atoms. The molecule has 2 aromatic carbocycles. The highest BCUT2D eigenvalue weighted by molar-refractivity contribution is 7.92. The highest BCUT2D eigenvalue weighted by Gasteiger charge is 2.28. The number of carbonyl (C=O) groups excluding carboxylic acids is 1. The van der Waals surface area contributed by atoms with E-state index in [1.54, 1.807) is 5.32 Å². The molecular formula is C15H11ClF4N2O3S. The topological polar surface area (TPSA) is 75.3 Å². The zero-order valence-electron chi connectivity index (χ0n) is 12.8. The minimum atomic E-state index is -4.61. The largest absolute Gasteiger partial charge is 0.405 e. The SMILES string of the molecule is O=C(NCC(F)(F)F)c1cccc(S(=O)(=O)Nc2cccc(Cl)c2F)c1. The van der Waals surface area contributed by atoms with Crippen LogP contribution in [0.15, 0.2) is 47.4 Å². The Morgan fingerprint density at radius 1 is 1.12 bits per heavy atom. The van der Waals surface area contributed by atoms with E-state index in [9.17, 15) is 30.8 Å². The van der Waals surface area contributed by atoms with Crippen LogP contribution in [0.2, 0.25) is 5.02 Å². The van der Waals surface area contributed by atoms with Crippen molar-refractivity contribution in [3.8, 4) is 0 Å². The van der Waals surface area contributed by atoms with Gasteiger partial charge in [0.05, 0.1) is 15.6 Å². The van der Waals surface area contributed by atoms with Crippen LogP contribution in [0.3, 0.4) is 0 Å². The van der Waals surface area contributed by atoms with Gasteiger partial charge in [0.25, 0.3) is 15.9 Å². The van der Waals surface area contributed by atoms with Crippen LogP contribution in [0, 0.1) is 5.82 Å². The molecule has 1 amide bonds. The third-order valence-corrected chi connectivity index (χ3v) is 4.71. The molecule has 0 aromatic heterocycles. The Kier molecular flexibility index (Phi) is 5.77. The first kappa shape index (κ1) is 20.0. The van der Waals surface area contributed by atoms with Gasteiger partial charge in [-0.15, -0.1) is 0 Å². The van der Waals surface area contributed by atoms with E-state index < -0.39 is 45.1 Å². The van der Waals surface area contributed by atoms with Gasteiger partial charge in [0.1, 0.15) is 6.54 Å².